The standard InChI is InChI=1S/C16H24N2O2/c1-11-4-3-7-16(9-11,10-19)18-13-5-6-15(17)14(8-13)12(2)20/h5-6,8,11,18-19H,3-4,7,9-10,17H2,1-2H3. The molecular weight excluding hydrogens is 252 g/mol. The van der Waals surface area contributed by atoms with E-state index in [-0.39, 0.29) is 17.9 Å². The van der Waals surface area contributed by atoms with Crippen molar-refractivity contribution in [1.82, 2.24) is 0 Å². The predicted octanol–water partition coefficient (Wildman–Crippen LogP) is 2.82. The molecule has 2 rings (SSSR count). The molecule has 1 fully saturated rings. The summed E-state index contributed by atoms with van der Waals surface area (Å²) >= 11 is 0. The van der Waals surface area contributed by atoms with Crippen LogP contribution < -0.4 is 11.1 Å². The summed E-state index contributed by atoms with van der Waals surface area (Å²) < 4.78 is 0. The molecule has 0 heterocycles. The molecule has 0 amide bonds. The van der Waals surface area contributed by atoms with Crippen LogP contribution in [0.1, 0.15) is 49.9 Å². The summed E-state index contributed by atoms with van der Waals surface area (Å²) in [5, 5.41) is 13.2. The molecule has 20 heavy (non-hydrogen) atoms. The lowest BCUT2D eigenvalue weighted by Crippen LogP contribution is -2.45. The van der Waals surface area contributed by atoms with Gasteiger partial charge in [0.25, 0.3) is 0 Å². The van der Waals surface area contributed by atoms with Crippen molar-refractivity contribution in [2.24, 2.45) is 5.92 Å². The van der Waals surface area contributed by atoms with Crippen LogP contribution in [-0.2, 0) is 0 Å². The molecular formula is C16H24N2O2. The van der Waals surface area contributed by atoms with Crippen molar-refractivity contribution < 1.29 is 9.90 Å². The maximum absolute atomic E-state index is 11.6. The van der Waals surface area contributed by atoms with Crippen molar-refractivity contribution in [1.29, 1.82) is 0 Å². The number of hydrogen-bond donors (Lipinski definition) is 3. The van der Waals surface area contributed by atoms with E-state index in [2.05, 4.69) is 12.2 Å². The number of Topliss-reactive ketones (excluding diaryl/α,β-unsaturated/α-hetero) is 1. The molecule has 1 aromatic carbocycles. The highest BCUT2D eigenvalue weighted by atomic mass is 16.3. The topological polar surface area (TPSA) is 75.3 Å². The number of anilines is 2. The first-order valence-corrected chi connectivity index (χ1v) is 7.25. The van der Waals surface area contributed by atoms with E-state index < -0.39 is 0 Å². The Morgan fingerprint density at radius 3 is 2.90 bits per heavy atom. The molecule has 0 spiro atoms. The molecule has 1 aromatic rings. The van der Waals surface area contributed by atoms with Crippen LogP contribution in [0.2, 0.25) is 0 Å². The van der Waals surface area contributed by atoms with Gasteiger partial charge >= 0.3 is 0 Å². The van der Waals surface area contributed by atoms with E-state index in [4.69, 9.17) is 5.73 Å². The Morgan fingerprint density at radius 2 is 2.30 bits per heavy atom. The highest BCUT2D eigenvalue weighted by Gasteiger charge is 2.34. The second-order valence-corrected chi connectivity index (χ2v) is 6.12. The van der Waals surface area contributed by atoms with Gasteiger partial charge in [-0.2, -0.15) is 0 Å². The van der Waals surface area contributed by atoms with E-state index in [0.717, 1.165) is 24.9 Å². The Balaban J connectivity index is 2.23. The number of carbonyl (C=O) groups is 1. The van der Waals surface area contributed by atoms with Gasteiger partial charge in [-0.05, 0) is 43.9 Å². The molecule has 0 saturated heterocycles. The Bertz CT molecular complexity index is 501. The Labute approximate surface area is 120 Å². The number of nitrogen functional groups attached to an aromatic ring is 1. The molecule has 2 atom stereocenters. The molecule has 110 valence electrons. The molecule has 0 bridgehead atoms. The van der Waals surface area contributed by atoms with Crippen LogP contribution in [0.5, 0.6) is 0 Å². The minimum Gasteiger partial charge on any atom is -0.398 e. The van der Waals surface area contributed by atoms with E-state index in [0.29, 0.717) is 17.2 Å². The van der Waals surface area contributed by atoms with Crippen LogP contribution in [0.3, 0.4) is 0 Å². The van der Waals surface area contributed by atoms with Crippen LogP contribution in [0.25, 0.3) is 0 Å². The van der Waals surface area contributed by atoms with Crippen LogP contribution >= 0.6 is 0 Å². The molecule has 4 N–H and O–H groups in total. The third-order valence-electron chi connectivity index (χ3n) is 4.24. The Hall–Kier alpha value is -1.55. The second-order valence-electron chi connectivity index (χ2n) is 6.12. The summed E-state index contributed by atoms with van der Waals surface area (Å²) in [6.07, 6.45) is 4.23. The van der Waals surface area contributed by atoms with Crippen LogP contribution in [-0.4, -0.2) is 23.0 Å². The van der Waals surface area contributed by atoms with Crippen molar-refractivity contribution in [2.75, 3.05) is 17.7 Å². The summed E-state index contributed by atoms with van der Waals surface area (Å²) in [6.45, 7) is 3.84. The van der Waals surface area contributed by atoms with E-state index in [1.54, 1.807) is 12.1 Å². The number of ketones is 1. The number of aliphatic hydroxyl groups excluding tert-OH is 1. The number of nitrogens with two attached hydrogens (primary N) is 1. The van der Waals surface area contributed by atoms with Gasteiger partial charge in [0.15, 0.2) is 5.78 Å². The van der Waals surface area contributed by atoms with E-state index in [9.17, 15) is 9.90 Å². The monoisotopic (exact) mass is 276 g/mol. The van der Waals surface area contributed by atoms with Gasteiger partial charge < -0.3 is 16.2 Å². The number of hydrogen-bond acceptors (Lipinski definition) is 4. The number of benzene rings is 1. The molecule has 0 aliphatic heterocycles. The minimum atomic E-state index is -0.276. The highest BCUT2D eigenvalue weighted by Crippen LogP contribution is 2.35. The average Bonchev–Trinajstić information content (AvgIpc) is 2.41. The lowest BCUT2D eigenvalue weighted by atomic mass is 9.76. The Morgan fingerprint density at radius 1 is 1.55 bits per heavy atom. The van der Waals surface area contributed by atoms with Crippen LogP contribution in [0.4, 0.5) is 11.4 Å². The summed E-state index contributed by atoms with van der Waals surface area (Å²) in [5.41, 5.74) is 7.42. The van der Waals surface area contributed by atoms with Gasteiger partial charge in [0.2, 0.25) is 0 Å². The largest absolute Gasteiger partial charge is 0.398 e. The fourth-order valence-corrected chi connectivity index (χ4v) is 3.20. The lowest BCUT2D eigenvalue weighted by Gasteiger charge is -2.40. The van der Waals surface area contributed by atoms with Crippen LogP contribution in [0, 0.1) is 5.92 Å². The van der Waals surface area contributed by atoms with Gasteiger partial charge in [-0.1, -0.05) is 19.8 Å². The molecule has 1 aliphatic carbocycles. The van der Waals surface area contributed by atoms with Crippen molar-refractivity contribution in [3.05, 3.63) is 23.8 Å². The molecule has 0 radical (unpaired) electrons. The minimum absolute atomic E-state index is 0.0405. The summed E-state index contributed by atoms with van der Waals surface area (Å²) in [5.74, 6) is 0.561. The van der Waals surface area contributed by atoms with Crippen molar-refractivity contribution >= 4 is 17.2 Å². The van der Waals surface area contributed by atoms with Gasteiger partial charge in [-0.15, -0.1) is 0 Å². The van der Waals surface area contributed by atoms with E-state index in [1.807, 2.05) is 6.07 Å². The normalized spacial score (nSPS) is 26.2. The molecule has 4 nitrogen and oxygen atoms in total. The quantitative estimate of drug-likeness (QED) is 0.584. The fraction of sp³-hybridized carbons (Fsp3) is 0.562. The first-order chi connectivity index (χ1) is 9.46. The second kappa shape index (κ2) is 5.83. The first-order valence-electron chi connectivity index (χ1n) is 7.25. The van der Waals surface area contributed by atoms with E-state index in [1.165, 1.54) is 13.3 Å². The number of carbonyl (C=O) groups excluding carboxylic acids is 1. The van der Waals surface area contributed by atoms with Gasteiger partial charge in [-0.3, -0.25) is 4.79 Å². The molecule has 2 unspecified atom stereocenters. The smallest absolute Gasteiger partial charge is 0.161 e. The van der Waals surface area contributed by atoms with Crippen molar-refractivity contribution in [3.63, 3.8) is 0 Å². The first kappa shape index (κ1) is 14.9. The SMILES string of the molecule is CC(=O)c1cc(NC2(CO)CCCC(C)C2)ccc1N. The number of nitrogens with one attached hydrogen (secondary N) is 1. The van der Waals surface area contributed by atoms with Gasteiger partial charge in [0.05, 0.1) is 12.1 Å². The summed E-state index contributed by atoms with van der Waals surface area (Å²) in [7, 11) is 0. The van der Waals surface area contributed by atoms with Gasteiger partial charge in [0, 0.05) is 16.9 Å². The third kappa shape index (κ3) is 3.12. The number of rotatable bonds is 4. The third-order valence-corrected chi connectivity index (χ3v) is 4.24. The van der Waals surface area contributed by atoms with E-state index >= 15 is 0 Å². The van der Waals surface area contributed by atoms with Gasteiger partial charge in [-0.25, -0.2) is 0 Å². The maximum atomic E-state index is 11.6. The fourth-order valence-electron chi connectivity index (χ4n) is 3.20. The molecule has 1 aliphatic rings. The zero-order chi connectivity index (χ0) is 14.8. The zero-order valence-corrected chi connectivity index (χ0v) is 12.3. The van der Waals surface area contributed by atoms with Crippen LogP contribution in [0.15, 0.2) is 18.2 Å². The summed E-state index contributed by atoms with van der Waals surface area (Å²) in [4.78, 5) is 11.6. The predicted molar refractivity (Wildman–Crippen MR) is 81.9 cm³/mol. The lowest BCUT2D eigenvalue weighted by molar-refractivity contribution is 0.101. The maximum Gasteiger partial charge on any atom is 0.161 e. The van der Waals surface area contributed by atoms with Crippen molar-refractivity contribution in [3.8, 4) is 0 Å². The molecule has 0 aromatic heterocycles. The Kier molecular flexibility index (Phi) is 4.33. The summed E-state index contributed by atoms with van der Waals surface area (Å²) in [6, 6.07) is 5.41. The molecule has 4 heteroatoms. The highest BCUT2D eigenvalue weighted by molar-refractivity contribution is 6.00. The van der Waals surface area contributed by atoms with Gasteiger partial charge in [0.1, 0.15) is 0 Å². The number of aliphatic hydroxyl groups is 1. The van der Waals surface area contributed by atoms with Crippen molar-refractivity contribution in [2.45, 2.75) is 45.1 Å². The molecule has 1 saturated carbocycles. The average molecular weight is 276 g/mol. The zero-order valence-electron chi connectivity index (χ0n) is 12.3.